The molecule has 0 aliphatic rings. The SMILES string of the molecule is Cc1ccc(Oc2c(C(C)C)cn3c(=O)o[nH]c23)cc1. The molecule has 0 fully saturated rings. The number of H-pyrrole nitrogens is 1. The first-order valence-electron chi connectivity index (χ1n) is 6.53. The summed E-state index contributed by atoms with van der Waals surface area (Å²) in [5.41, 5.74) is 2.67. The highest BCUT2D eigenvalue weighted by Crippen LogP contribution is 2.34. The third kappa shape index (κ3) is 2.01. The molecule has 1 aromatic carbocycles. The van der Waals surface area contributed by atoms with Gasteiger partial charge in [0.1, 0.15) is 5.75 Å². The maximum absolute atomic E-state index is 11.6. The van der Waals surface area contributed by atoms with E-state index in [4.69, 9.17) is 9.26 Å². The second-order valence-electron chi connectivity index (χ2n) is 5.17. The molecular weight excluding hydrogens is 256 g/mol. The smallest absolute Gasteiger partial charge is 0.444 e. The fraction of sp³-hybridized carbons (Fsp3) is 0.267. The van der Waals surface area contributed by atoms with Crippen LogP contribution in [-0.2, 0) is 0 Å². The molecule has 0 spiro atoms. The summed E-state index contributed by atoms with van der Waals surface area (Å²) < 4.78 is 12.2. The molecule has 0 amide bonds. The summed E-state index contributed by atoms with van der Waals surface area (Å²) >= 11 is 0. The van der Waals surface area contributed by atoms with E-state index in [2.05, 4.69) is 19.0 Å². The largest absolute Gasteiger partial charge is 0.453 e. The van der Waals surface area contributed by atoms with E-state index < -0.39 is 5.76 Å². The summed E-state index contributed by atoms with van der Waals surface area (Å²) in [5.74, 6) is 1.16. The number of benzene rings is 1. The molecule has 0 aliphatic carbocycles. The van der Waals surface area contributed by atoms with Crippen molar-refractivity contribution in [3.8, 4) is 11.5 Å². The van der Waals surface area contributed by atoms with E-state index in [-0.39, 0.29) is 5.92 Å². The predicted molar refractivity (Wildman–Crippen MR) is 75.6 cm³/mol. The first-order valence-corrected chi connectivity index (χ1v) is 6.53. The first-order chi connectivity index (χ1) is 9.56. The van der Waals surface area contributed by atoms with Gasteiger partial charge in [0, 0.05) is 11.8 Å². The lowest BCUT2D eigenvalue weighted by molar-refractivity contribution is 0.384. The number of aryl methyl sites for hydroxylation is 1. The lowest BCUT2D eigenvalue weighted by Gasteiger charge is -2.09. The zero-order valence-corrected chi connectivity index (χ0v) is 11.6. The zero-order chi connectivity index (χ0) is 14.3. The number of aromatic amines is 1. The summed E-state index contributed by atoms with van der Waals surface area (Å²) in [4.78, 5) is 11.6. The maximum Gasteiger partial charge on any atom is 0.444 e. The summed E-state index contributed by atoms with van der Waals surface area (Å²) in [6.45, 7) is 6.13. The average molecular weight is 272 g/mol. The van der Waals surface area contributed by atoms with Crippen LogP contribution >= 0.6 is 0 Å². The molecule has 2 aromatic heterocycles. The van der Waals surface area contributed by atoms with E-state index in [1.807, 2.05) is 31.2 Å². The third-order valence-electron chi connectivity index (χ3n) is 3.28. The van der Waals surface area contributed by atoms with E-state index in [9.17, 15) is 4.79 Å². The Morgan fingerprint density at radius 1 is 1.25 bits per heavy atom. The molecule has 3 aromatic rings. The lowest BCUT2D eigenvalue weighted by atomic mass is 10.1. The Balaban J connectivity index is 2.11. The third-order valence-corrected chi connectivity index (χ3v) is 3.28. The van der Waals surface area contributed by atoms with Crippen LogP contribution in [0, 0.1) is 6.92 Å². The van der Waals surface area contributed by atoms with Crippen LogP contribution in [0.1, 0.15) is 30.9 Å². The van der Waals surface area contributed by atoms with Gasteiger partial charge in [0.15, 0.2) is 11.4 Å². The van der Waals surface area contributed by atoms with E-state index in [1.54, 1.807) is 6.20 Å². The standard InChI is InChI=1S/C15H16N2O3/c1-9(2)12-8-17-14(16-20-15(17)18)13(12)19-11-6-4-10(3)5-7-11/h4-9,16H,1-3H3. The highest BCUT2D eigenvalue weighted by Gasteiger charge is 2.19. The van der Waals surface area contributed by atoms with Crippen molar-refractivity contribution in [3.63, 3.8) is 0 Å². The molecule has 0 unspecified atom stereocenters. The fourth-order valence-corrected chi connectivity index (χ4v) is 2.13. The second-order valence-corrected chi connectivity index (χ2v) is 5.17. The summed E-state index contributed by atoms with van der Waals surface area (Å²) in [5, 5.41) is 2.61. The van der Waals surface area contributed by atoms with Gasteiger partial charge in [-0.1, -0.05) is 31.5 Å². The first kappa shape index (κ1) is 12.6. The fourth-order valence-electron chi connectivity index (χ4n) is 2.13. The normalized spacial score (nSPS) is 11.4. The van der Waals surface area contributed by atoms with Crippen LogP contribution in [-0.4, -0.2) is 9.56 Å². The van der Waals surface area contributed by atoms with Gasteiger partial charge in [-0.3, -0.25) is 0 Å². The zero-order valence-electron chi connectivity index (χ0n) is 11.6. The monoisotopic (exact) mass is 272 g/mol. The van der Waals surface area contributed by atoms with E-state index >= 15 is 0 Å². The number of hydrogen-bond donors (Lipinski definition) is 1. The molecule has 104 valence electrons. The molecular formula is C15H16N2O3. The Morgan fingerprint density at radius 2 is 1.95 bits per heavy atom. The van der Waals surface area contributed by atoms with Gasteiger partial charge in [0.05, 0.1) is 0 Å². The minimum Gasteiger partial charge on any atom is -0.453 e. The molecule has 0 saturated heterocycles. The van der Waals surface area contributed by atoms with Gasteiger partial charge in [-0.05, 0) is 25.0 Å². The highest BCUT2D eigenvalue weighted by atomic mass is 16.5. The van der Waals surface area contributed by atoms with Crippen LogP contribution in [0.5, 0.6) is 11.5 Å². The van der Waals surface area contributed by atoms with Crippen molar-refractivity contribution in [2.45, 2.75) is 26.7 Å². The van der Waals surface area contributed by atoms with Crippen molar-refractivity contribution in [1.29, 1.82) is 0 Å². The number of rotatable bonds is 3. The second kappa shape index (κ2) is 4.59. The Labute approximate surface area is 115 Å². The van der Waals surface area contributed by atoms with Crippen molar-refractivity contribution in [2.24, 2.45) is 0 Å². The number of fused-ring (bicyclic) bond motifs is 1. The van der Waals surface area contributed by atoms with Gasteiger partial charge < -0.3 is 9.26 Å². The van der Waals surface area contributed by atoms with Crippen LogP contribution in [0.15, 0.2) is 39.8 Å². The lowest BCUT2D eigenvalue weighted by Crippen LogP contribution is -2.02. The predicted octanol–water partition coefficient (Wildman–Crippen LogP) is 3.44. The van der Waals surface area contributed by atoms with Crippen LogP contribution in [0.4, 0.5) is 0 Å². The Kier molecular flexibility index (Phi) is 2.89. The molecule has 0 atom stereocenters. The van der Waals surface area contributed by atoms with Gasteiger partial charge in [-0.25, -0.2) is 9.20 Å². The number of hydrogen-bond acceptors (Lipinski definition) is 3. The van der Waals surface area contributed by atoms with Crippen molar-refractivity contribution in [2.75, 3.05) is 0 Å². The van der Waals surface area contributed by atoms with Crippen LogP contribution in [0.3, 0.4) is 0 Å². The molecule has 20 heavy (non-hydrogen) atoms. The molecule has 3 rings (SSSR count). The number of ether oxygens (including phenoxy) is 1. The van der Waals surface area contributed by atoms with E-state index in [0.29, 0.717) is 11.4 Å². The molecule has 2 heterocycles. The maximum atomic E-state index is 11.6. The van der Waals surface area contributed by atoms with E-state index in [1.165, 1.54) is 9.96 Å². The molecule has 0 saturated carbocycles. The molecule has 0 radical (unpaired) electrons. The minimum atomic E-state index is -0.444. The number of nitrogens with zero attached hydrogens (tertiary/aromatic N) is 1. The topological polar surface area (TPSA) is 59.6 Å². The van der Waals surface area contributed by atoms with Crippen molar-refractivity contribution in [1.82, 2.24) is 9.56 Å². The quantitative estimate of drug-likeness (QED) is 0.794. The van der Waals surface area contributed by atoms with Crippen molar-refractivity contribution < 1.29 is 9.26 Å². The van der Waals surface area contributed by atoms with E-state index in [0.717, 1.165) is 11.3 Å². The van der Waals surface area contributed by atoms with Crippen molar-refractivity contribution >= 4 is 5.65 Å². The van der Waals surface area contributed by atoms with Crippen molar-refractivity contribution in [3.05, 3.63) is 52.1 Å². The Bertz CT molecular complexity index is 791. The van der Waals surface area contributed by atoms with Gasteiger partial charge in [0.25, 0.3) is 0 Å². The number of nitrogens with one attached hydrogen (secondary N) is 1. The summed E-state index contributed by atoms with van der Waals surface area (Å²) in [6.07, 6.45) is 1.76. The average Bonchev–Trinajstić information content (AvgIpc) is 2.94. The van der Waals surface area contributed by atoms with Crippen LogP contribution in [0.2, 0.25) is 0 Å². The molecule has 0 bridgehead atoms. The van der Waals surface area contributed by atoms with Gasteiger partial charge >= 0.3 is 5.76 Å². The Hall–Kier alpha value is -2.43. The summed E-state index contributed by atoms with van der Waals surface area (Å²) in [6, 6.07) is 7.77. The van der Waals surface area contributed by atoms with Gasteiger partial charge in [0.2, 0.25) is 0 Å². The molecule has 1 N–H and O–H groups in total. The Morgan fingerprint density at radius 3 is 2.60 bits per heavy atom. The molecule has 5 heteroatoms. The highest BCUT2D eigenvalue weighted by molar-refractivity contribution is 5.60. The number of aromatic nitrogens is 2. The molecule has 5 nitrogen and oxygen atoms in total. The van der Waals surface area contributed by atoms with Crippen LogP contribution in [0.25, 0.3) is 5.65 Å². The van der Waals surface area contributed by atoms with Gasteiger partial charge in [-0.2, -0.15) is 5.16 Å². The minimum absolute atomic E-state index is 0.239. The van der Waals surface area contributed by atoms with Gasteiger partial charge in [-0.15, -0.1) is 0 Å². The van der Waals surface area contributed by atoms with Crippen LogP contribution < -0.4 is 10.5 Å². The summed E-state index contributed by atoms with van der Waals surface area (Å²) in [7, 11) is 0. The molecule has 0 aliphatic heterocycles.